The van der Waals surface area contributed by atoms with Crippen LogP contribution in [-0.2, 0) is 10.0 Å². The molecule has 27 heavy (non-hydrogen) atoms. The van der Waals surface area contributed by atoms with Gasteiger partial charge in [-0.2, -0.15) is 9.40 Å². The van der Waals surface area contributed by atoms with Crippen LogP contribution < -0.4 is 14.2 Å². The molecule has 0 bridgehead atoms. The van der Waals surface area contributed by atoms with Gasteiger partial charge in [-0.25, -0.2) is 8.42 Å². The van der Waals surface area contributed by atoms with Crippen LogP contribution in [-0.4, -0.2) is 55.3 Å². The van der Waals surface area contributed by atoms with Crippen molar-refractivity contribution in [3.8, 4) is 17.4 Å². The summed E-state index contributed by atoms with van der Waals surface area (Å²) >= 11 is 0. The molecule has 0 saturated carbocycles. The van der Waals surface area contributed by atoms with Crippen LogP contribution in [0.4, 0.5) is 0 Å². The quantitative estimate of drug-likeness (QED) is 0.786. The highest BCUT2D eigenvalue weighted by molar-refractivity contribution is 7.89. The highest BCUT2D eigenvalue weighted by atomic mass is 32.2. The van der Waals surface area contributed by atoms with Gasteiger partial charge < -0.3 is 14.2 Å². The molecular weight excluding hydrogens is 370 g/mol. The second-order valence-electron chi connectivity index (χ2n) is 6.47. The molecule has 1 fully saturated rings. The largest absolute Gasteiger partial charge is 0.490 e. The number of fused-ring (bicyclic) bond motifs is 1. The molecule has 3 heterocycles. The van der Waals surface area contributed by atoms with Crippen molar-refractivity contribution in [3.05, 3.63) is 36.5 Å². The van der Waals surface area contributed by atoms with Crippen molar-refractivity contribution in [1.82, 2.24) is 14.5 Å². The number of benzene rings is 1. The minimum absolute atomic E-state index is 0.201. The van der Waals surface area contributed by atoms with Crippen molar-refractivity contribution in [2.75, 3.05) is 26.3 Å². The van der Waals surface area contributed by atoms with Crippen LogP contribution in [0.25, 0.3) is 0 Å². The molecule has 8 nitrogen and oxygen atoms in total. The number of sulfonamides is 1. The predicted octanol–water partition coefficient (Wildman–Crippen LogP) is 1.87. The van der Waals surface area contributed by atoms with E-state index < -0.39 is 10.0 Å². The second kappa shape index (κ2) is 7.69. The van der Waals surface area contributed by atoms with Crippen LogP contribution in [0.15, 0.2) is 41.4 Å². The van der Waals surface area contributed by atoms with Gasteiger partial charge >= 0.3 is 0 Å². The van der Waals surface area contributed by atoms with E-state index in [1.165, 1.54) is 4.31 Å². The molecule has 0 unspecified atom stereocenters. The standard InChI is InChI=1S/C18H21N3O5S/c22-27(23,15-6-7-16-17(12-15)25-11-3-10-24-16)21-9-2-4-14(13-21)26-18-5-1-8-19-20-18/h1,5-8,12,14H,2-4,9-11,13H2/t14-/m1/s1. The minimum Gasteiger partial charge on any atom is -0.490 e. The third kappa shape index (κ3) is 3.98. The zero-order valence-electron chi connectivity index (χ0n) is 14.8. The fourth-order valence-electron chi connectivity index (χ4n) is 3.19. The van der Waals surface area contributed by atoms with E-state index in [-0.39, 0.29) is 17.5 Å². The maximum Gasteiger partial charge on any atom is 0.243 e. The molecule has 1 atom stereocenters. The number of hydrogen-bond acceptors (Lipinski definition) is 7. The maximum absolute atomic E-state index is 13.1. The summed E-state index contributed by atoms with van der Waals surface area (Å²) in [4.78, 5) is 0.201. The molecule has 1 saturated heterocycles. The number of aromatic nitrogens is 2. The van der Waals surface area contributed by atoms with Crippen molar-refractivity contribution in [2.24, 2.45) is 0 Å². The minimum atomic E-state index is -3.65. The first kappa shape index (κ1) is 18.0. The molecule has 2 aromatic rings. The van der Waals surface area contributed by atoms with Gasteiger partial charge in [0.25, 0.3) is 0 Å². The first-order chi connectivity index (χ1) is 13.1. The molecule has 144 valence electrons. The fourth-order valence-corrected chi connectivity index (χ4v) is 4.72. The monoisotopic (exact) mass is 391 g/mol. The van der Waals surface area contributed by atoms with Crippen molar-refractivity contribution in [3.63, 3.8) is 0 Å². The first-order valence-corrected chi connectivity index (χ1v) is 10.4. The lowest BCUT2D eigenvalue weighted by Gasteiger charge is -2.31. The summed E-state index contributed by atoms with van der Waals surface area (Å²) in [6, 6.07) is 8.21. The Labute approximate surface area is 158 Å². The van der Waals surface area contributed by atoms with Crippen LogP contribution in [0.2, 0.25) is 0 Å². The Kier molecular flexibility index (Phi) is 5.13. The van der Waals surface area contributed by atoms with Gasteiger partial charge in [-0.1, -0.05) is 0 Å². The van der Waals surface area contributed by atoms with E-state index in [1.54, 1.807) is 36.5 Å². The van der Waals surface area contributed by atoms with Gasteiger partial charge in [0.15, 0.2) is 11.5 Å². The highest BCUT2D eigenvalue weighted by Crippen LogP contribution is 2.33. The average Bonchev–Trinajstić information content (AvgIpc) is 2.94. The van der Waals surface area contributed by atoms with E-state index in [0.717, 1.165) is 12.8 Å². The van der Waals surface area contributed by atoms with Gasteiger partial charge in [0.05, 0.1) is 24.7 Å². The maximum atomic E-state index is 13.1. The smallest absolute Gasteiger partial charge is 0.243 e. The Morgan fingerprint density at radius 1 is 1.11 bits per heavy atom. The molecule has 0 amide bonds. The normalized spacial score (nSPS) is 20.7. The number of rotatable bonds is 4. The lowest BCUT2D eigenvalue weighted by Crippen LogP contribution is -2.44. The Hall–Kier alpha value is -2.39. The molecule has 2 aliphatic heterocycles. The molecule has 0 N–H and O–H groups in total. The average molecular weight is 391 g/mol. The zero-order valence-corrected chi connectivity index (χ0v) is 15.6. The third-order valence-electron chi connectivity index (χ3n) is 4.53. The number of hydrogen-bond donors (Lipinski definition) is 0. The number of piperidine rings is 1. The summed E-state index contributed by atoms with van der Waals surface area (Å²) in [5.74, 6) is 1.45. The molecule has 1 aromatic carbocycles. The summed E-state index contributed by atoms with van der Waals surface area (Å²) in [6.07, 6.45) is 3.56. The lowest BCUT2D eigenvalue weighted by atomic mass is 10.1. The fraction of sp³-hybridized carbons (Fsp3) is 0.444. The third-order valence-corrected chi connectivity index (χ3v) is 6.39. The van der Waals surface area contributed by atoms with Crippen LogP contribution in [0.1, 0.15) is 19.3 Å². The van der Waals surface area contributed by atoms with E-state index in [0.29, 0.717) is 43.6 Å². The molecule has 0 radical (unpaired) electrons. The Bertz CT molecular complexity index is 891. The van der Waals surface area contributed by atoms with Crippen molar-refractivity contribution in [2.45, 2.75) is 30.3 Å². The van der Waals surface area contributed by atoms with Gasteiger partial charge in [-0.3, -0.25) is 0 Å². The highest BCUT2D eigenvalue weighted by Gasteiger charge is 2.32. The Morgan fingerprint density at radius 2 is 1.96 bits per heavy atom. The van der Waals surface area contributed by atoms with Crippen molar-refractivity contribution < 1.29 is 22.6 Å². The molecule has 2 aliphatic rings. The van der Waals surface area contributed by atoms with E-state index in [4.69, 9.17) is 14.2 Å². The van der Waals surface area contributed by atoms with E-state index >= 15 is 0 Å². The summed E-state index contributed by atoms with van der Waals surface area (Å²) in [7, 11) is -3.65. The Morgan fingerprint density at radius 3 is 2.78 bits per heavy atom. The van der Waals surface area contributed by atoms with E-state index in [2.05, 4.69) is 10.2 Å². The summed E-state index contributed by atoms with van der Waals surface area (Å²) in [6.45, 7) is 1.80. The van der Waals surface area contributed by atoms with E-state index in [9.17, 15) is 8.42 Å². The SMILES string of the molecule is O=S(=O)(c1ccc2c(c1)OCCCO2)N1CCC[C@@H](Oc2cccnn2)C1. The van der Waals surface area contributed by atoms with Crippen LogP contribution >= 0.6 is 0 Å². The van der Waals surface area contributed by atoms with Crippen molar-refractivity contribution >= 4 is 10.0 Å². The molecule has 4 rings (SSSR count). The zero-order chi connectivity index (χ0) is 18.7. The Balaban J connectivity index is 1.52. The molecule has 0 aliphatic carbocycles. The van der Waals surface area contributed by atoms with Crippen LogP contribution in [0.3, 0.4) is 0 Å². The topological polar surface area (TPSA) is 90.9 Å². The first-order valence-electron chi connectivity index (χ1n) is 8.97. The second-order valence-corrected chi connectivity index (χ2v) is 8.40. The van der Waals surface area contributed by atoms with Gasteiger partial charge in [0.1, 0.15) is 6.10 Å². The number of ether oxygens (including phenoxy) is 3. The summed E-state index contributed by atoms with van der Waals surface area (Å²) in [5.41, 5.74) is 0. The summed E-state index contributed by atoms with van der Waals surface area (Å²) in [5, 5.41) is 7.69. The lowest BCUT2D eigenvalue weighted by molar-refractivity contribution is 0.123. The molecule has 9 heteroatoms. The van der Waals surface area contributed by atoms with Gasteiger partial charge in [0, 0.05) is 31.3 Å². The van der Waals surface area contributed by atoms with Crippen molar-refractivity contribution in [1.29, 1.82) is 0 Å². The van der Waals surface area contributed by atoms with Crippen LogP contribution in [0, 0.1) is 0 Å². The molecule has 1 aromatic heterocycles. The van der Waals surface area contributed by atoms with E-state index in [1.807, 2.05) is 0 Å². The summed E-state index contributed by atoms with van der Waals surface area (Å²) < 4.78 is 44.7. The van der Waals surface area contributed by atoms with Gasteiger partial charge in [0.2, 0.25) is 15.9 Å². The van der Waals surface area contributed by atoms with Crippen LogP contribution in [0.5, 0.6) is 17.4 Å². The number of nitrogens with zero attached hydrogens (tertiary/aromatic N) is 3. The molecule has 0 spiro atoms. The van der Waals surface area contributed by atoms with Gasteiger partial charge in [-0.05, 0) is 31.0 Å². The van der Waals surface area contributed by atoms with Gasteiger partial charge in [-0.15, -0.1) is 5.10 Å². The predicted molar refractivity (Wildman–Crippen MR) is 96.5 cm³/mol. The molecular formula is C18H21N3O5S.